The van der Waals surface area contributed by atoms with E-state index in [1.165, 1.54) is 28.7 Å². The van der Waals surface area contributed by atoms with E-state index >= 15 is 0 Å². The van der Waals surface area contributed by atoms with Crippen molar-refractivity contribution >= 4 is 11.9 Å². The molecule has 0 radical (unpaired) electrons. The van der Waals surface area contributed by atoms with Crippen LogP contribution in [0.1, 0.15) is 41.1 Å². The normalized spacial score (nSPS) is 19.1. The van der Waals surface area contributed by atoms with E-state index in [2.05, 4.69) is 26.8 Å². The van der Waals surface area contributed by atoms with Crippen molar-refractivity contribution in [3.05, 3.63) is 77.1 Å². The first-order valence-corrected chi connectivity index (χ1v) is 10.0. The number of nitrogens with one attached hydrogen (secondary N) is 2. The third kappa shape index (κ3) is 3.81. The zero-order valence-electron chi connectivity index (χ0n) is 16.5. The number of nitrogens with zero attached hydrogens (tertiary/aromatic N) is 3. The van der Waals surface area contributed by atoms with Crippen molar-refractivity contribution in [2.24, 2.45) is 0 Å². The summed E-state index contributed by atoms with van der Waals surface area (Å²) in [5.41, 5.74) is 2.32. The molecule has 1 aliphatic heterocycles. The molecule has 1 aromatic heterocycles. The highest BCUT2D eigenvalue weighted by Gasteiger charge is 2.49. The molecule has 1 fully saturated rings. The van der Waals surface area contributed by atoms with Crippen LogP contribution in [0.4, 0.5) is 19.1 Å². The molecule has 1 unspecified atom stereocenters. The van der Waals surface area contributed by atoms with E-state index in [0.717, 1.165) is 37.1 Å². The number of anilines is 1. The van der Waals surface area contributed by atoms with Crippen molar-refractivity contribution in [1.82, 2.24) is 20.1 Å². The lowest BCUT2D eigenvalue weighted by Gasteiger charge is -2.32. The summed E-state index contributed by atoms with van der Waals surface area (Å²) in [5.74, 6) is -0.0851. The highest BCUT2D eigenvalue weighted by atomic mass is 19.4. The highest BCUT2D eigenvalue weighted by Crippen LogP contribution is 2.52. The summed E-state index contributed by atoms with van der Waals surface area (Å²) in [5, 5.41) is 10.3. The molecule has 3 aromatic rings. The standard InChI is InChI=1S/C22H20F3N5O/c23-22(24,25)15-7-5-14(6-8-15)11-30-13-27-20(29-30)28-19(31)18-16-3-1-2-4-17(16)21(9-10-21)12-26-18/h1-8,13,18,26H,9-12H2,(H,28,29,31). The molecule has 2 aliphatic rings. The summed E-state index contributed by atoms with van der Waals surface area (Å²) in [7, 11) is 0. The Kier molecular flexibility index (Phi) is 4.58. The Morgan fingerprint density at radius 3 is 2.61 bits per heavy atom. The van der Waals surface area contributed by atoms with Crippen molar-refractivity contribution in [2.45, 2.75) is 37.0 Å². The van der Waals surface area contributed by atoms with Crippen molar-refractivity contribution in [3.63, 3.8) is 0 Å². The van der Waals surface area contributed by atoms with Gasteiger partial charge in [0.25, 0.3) is 0 Å². The number of fused-ring (bicyclic) bond motifs is 2. The first-order valence-electron chi connectivity index (χ1n) is 10.0. The van der Waals surface area contributed by atoms with Gasteiger partial charge in [0.2, 0.25) is 11.9 Å². The molecule has 160 valence electrons. The Hall–Kier alpha value is -3.20. The zero-order chi connectivity index (χ0) is 21.6. The van der Waals surface area contributed by atoms with Gasteiger partial charge in [0.05, 0.1) is 12.1 Å². The van der Waals surface area contributed by atoms with Crippen molar-refractivity contribution < 1.29 is 18.0 Å². The van der Waals surface area contributed by atoms with E-state index in [1.807, 2.05) is 18.2 Å². The van der Waals surface area contributed by atoms with Gasteiger partial charge in [0.1, 0.15) is 12.4 Å². The van der Waals surface area contributed by atoms with Crippen LogP contribution < -0.4 is 10.6 Å². The van der Waals surface area contributed by atoms with Gasteiger partial charge in [-0.3, -0.25) is 10.1 Å². The van der Waals surface area contributed by atoms with Crippen molar-refractivity contribution in [3.8, 4) is 0 Å². The number of hydrogen-bond acceptors (Lipinski definition) is 4. The molecule has 2 N–H and O–H groups in total. The zero-order valence-corrected chi connectivity index (χ0v) is 16.5. The monoisotopic (exact) mass is 427 g/mol. The lowest BCUT2D eigenvalue weighted by atomic mass is 9.84. The number of alkyl halides is 3. The minimum absolute atomic E-state index is 0.155. The first kappa shape index (κ1) is 19.7. The average Bonchev–Trinajstić information content (AvgIpc) is 3.39. The van der Waals surface area contributed by atoms with Gasteiger partial charge in [0.15, 0.2) is 0 Å². The second-order valence-corrected chi connectivity index (χ2v) is 8.13. The number of carbonyl (C=O) groups is 1. The number of halogens is 3. The predicted molar refractivity (Wildman–Crippen MR) is 107 cm³/mol. The topological polar surface area (TPSA) is 71.8 Å². The largest absolute Gasteiger partial charge is 0.416 e. The fourth-order valence-electron chi connectivity index (χ4n) is 4.16. The van der Waals surface area contributed by atoms with Crippen LogP contribution in [0.5, 0.6) is 0 Å². The van der Waals surface area contributed by atoms with Gasteiger partial charge in [-0.1, -0.05) is 36.4 Å². The molecule has 1 atom stereocenters. The molecule has 1 saturated carbocycles. The number of carbonyl (C=O) groups excluding carboxylic acids is 1. The van der Waals surface area contributed by atoms with Gasteiger partial charge in [0, 0.05) is 12.0 Å². The lowest BCUT2D eigenvalue weighted by molar-refractivity contribution is -0.137. The third-order valence-corrected chi connectivity index (χ3v) is 6.00. The van der Waals surface area contributed by atoms with Crippen LogP contribution in [-0.4, -0.2) is 27.2 Å². The molecule has 2 heterocycles. The van der Waals surface area contributed by atoms with Crippen LogP contribution >= 0.6 is 0 Å². The molecule has 31 heavy (non-hydrogen) atoms. The van der Waals surface area contributed by atoms with Gasteiger partial charge in [-0.15, -0.1) is 5.10 Å². The fourth-order valence-corrected chi connectivity index (χ4v) is 4.16. The van der Waals surface area contributed by atoms with E-state index < -0.39 is 17.8 Å². The summed E-state index contributed by atoms with van der Waals surface area (Å²) >= 11 is 0. The average molecular weight is 427 g/mol. The second-order valence-electron chi connectivity index (χ2n) is 8.13. The van der Waals surface area contributed by atoms with Gasteiger partial charge < -0.3 is 5.32 Å². The van der Waals surface area contributed by atoms with Crippen LogP contribution in [-0.2, 0) is 22.9 Å². The Morgan fingerprint density at radius 2 is 1.90 bits per heavy atom. The quantitative estimate of drug-likeness (QED) is 0.667. The molecule has 1 amide bonds. The Labute approximate surface area is 176 Å². The number of hydrogen-bond donors (Lipinski definition) is 2. The predicted octanol–water partition coefficient (Wildman–Crippen LogP) is 3.66. The Balaban J connectivity index is 1.26. The minimum Gasteiger partial charge on any atom is -0.301 e. The van der Waals surface area contributed by atoms with Crippen molar-refractivity contribution in [2.75, 3.05) is 11.9 Å². The SMILES string of the molecule is O=C(Nc1ncn(Cc2ccc(C(F)(F)F)cc2)n1)C1NCC2(CC2)c2ccccc21. The van der Waals surface area contributed by atoms with Gasteiger partial charge in [-0.25, -0.2) is 9.67 Å². The molecule has 6 nitrogen and oxygen atoms in total. The maximum atomic E-state index is 12.9. The lowest BCUT2D eigenvalue weighted by Crippen LogP contribution is -2.43. The molecular weight excluding hydrogens is 407 g/mol. The molecule has 0 saturated heterocycles. The van der Waals surface area contributed by atoms with E-state index in [4.69, 9.17) is 0 Å². The van der Waals surface area contributed by atoms with Crippen molar-refractivity contribution in [1.29, 1.82) is 0 Å². The molecule has 9 heteroatoms. The van der Waals surface area contributed by atoms with E-state index in [-0.39, 0.29) is 23.8 Å². The Bertz CT molecular complexity index is 1120. The molecule has 0 bridgehead atoms. The molecular formula is C22H20F3N5O. The van der Waals surface area contributed by atoms with Crippen LogP contribution in [0.3, 0.4) is 0 Å². The van der Waals surface area contributed by atoms with Gasteiger partial charge >= 0.3 is 6.18 Å². The van der Waals surface area contributed by atoms with Gasteiger partial charge in [-0.2, -0.15) is 13.2 Å². The second kappa shape index (κ2) is 7.19. The maximum absolute atomic E-state index is 12.9. The van der Waals surface area contributed by atoms with Crippen LogP contribution in [0, 0.1) is 0 Å². The van der Waals surface area contributed by atoms with E-state index in [0.29, 0.717) is 5.56 Å². The molecule has 1 spiro atoms. The number of rotatable bonds is 4. The molecule has 2 aromatic carbocycles. The summed E-state index contributed by atoms with van der Waals surface area (Å²) in [4.78, 5) is 17.0. The summed E-state index contributed by atoms with van der Waals surface area (Å²) < 4.78 is 39.5. The maximum Gasteiger partial charge on any atom is 0.416 e. The summed E-state index contributed by atoms with van der Waals surface area (Å²) in [6, 6.07) is 12.4. The summed E-state index contributed by atoms with van der Waals surface area (Å²) in [6.45, 7) is 1.01. The highest BCUT2D eigenvalue weighted by molar-refractivity contribution is 5.94. The van der Waals surface area contributed by atoms with Crippen LogP contribution in [0.15, 0.2) is 54.9 Å². The Morgan fingerprint density at radius 1 is 1.16 bits per heavy atom. The number of benzene rings is 2. The fraction of sp³-hybridized carbons (Fsp3) is 0.318. The number of aromatic nitrogens is 3. The van der Waals surface area contributed by atoms with E-state index in [9.17, 15) is 18.0 Å². The van der Waals surface area contributed by atoms with E-state index in [1.54, 1.807) is 0 Å². The van der Waals surface area contributed by atoms with Gasteiger partial charge in [-0.05, 0) is 41.7 Å². The first-order chi connectivity index (χ1) is 14.8. The minimum atomic E-state index is -4.37. The smallest absolute Gasteiger partial charge is 0.301 e. The molecule has 1 aliphatic carbocycles. The van der Waals surface area contributed by atoms with Crippen LogP contribution in [0.2, 0.25) is 0 Å². The van der Waals surface area contributed by atoms with Crippen LogP contribution in [0.25, 0.3) is 0 Å². The molecule has 5 rings (SSSR count). The number of amides is 1. The summed E-state index contributed by atoms with van der Waals surface area (Å²) in [6.07, 6.45) is -0.675. The third-order valence-electron chi connectivity index (χ3n) is 6.00.